The van der Waals surface area contributed by atoms with Crippen LogP contribution >= 0.6 is 27.3 Å². The Morgan fingerprint density at radius 3 is 3.08 bits per heavy atom. The van der Waals surface area contributed by atoms with Crippen molar-refractivity contribution in [2.75, 3.05) is 0 Å². The van der Waals surface area contributed by atoms with E-state index in [1.54, 1.807) is 0 Å². The zero-order valence-electron chi connectivity index (χ0n) is 6.19. The van der Waals surface area contributed by atoms with Crippen LogP contribution in [-0.2, 0) is 0 Å². The van der Waals surface area contributed by atoms with Crippen LogP contribution in [0.1, 0.15) is 10.4 Å². The van der Waals surface area contributed by atoms with E-state index in [1.165, 1.54) is 23.6 Å². The third kappa shape index (κ3) is 1.42. The van der Waals surface area contributed by atoms with Gasteiger partial charge in [0.25, 0.3) is 0 Å². The average Bonchev–Trinajstić information content (AvgIpc) is 2.43. The van der Waals surface area contributed by atoms with Gasteiger partial charge in [-0.15, -0.1) is 11.3 Å². The second kappa shape index (κ2) is 3.04. The molecule has 6 heteroatoms. The van der Waals surface area contributed by atoms with E-state index in [1.807, 2.05) is 0 Å². The quantitative estimate of drug-likeness (QED) is 0.852. The van der Waals surface area contributed by atoms with Crippen molar-refractivity contribution in [3.05, 3.63) is 21.7 Å². The first-order valence-electron chi connectivity index (χ1n) is 3.33. The largest absolute Gasteiger partial charge is 0.478 e. The van der Waals surface area contributed by atoms with Crippen LogP contribution in [0.25, 0.3) is 10.3 Å². The van der Waals surface area contributed by atoms with Gasteiger partial charge in [-0.2, -0.15) is 0 Å². The Morgan fingerprint density at radius 1 is 1.62 bits per heavy atom. The van der Waals surface area contributed by atoms with Gasteiger partial charge in [-0.3, -0.25) is 0 Å². The minimum Gasteiger partial charge on any atom is -0.478 e. The molecule has 0 saturated carbocycles. The lowest BCUT2D eigenvalue weighted by molar-refractivity contribution is 0.0699. The monoisotopic (exact) mass is 258 g/mol. The number of aromatic nitrogens is 2. The minimum absolute atomic E-state index is 0.244. The number of hydrogen-bond acceptors (Lipinski definition) is 4. The molecule has 0 aliphatic heterocycles. The molecule has 0 aliphatic rings. The summed E-state index contributed by atoms with van der Waals surface area (Å²) in [6, 6.07) is 1.47. The van der Waals surface area contributed by atoms with Crippen LogP contribution in [0.5, 0.6) is 0 Å². The number of pyridine rings is 1. The third-order valence-electron chi connectivity index (χ3n) is 1.50. The Labute approximate surface area is 85.4 Å². The van der Waals surface area contributed by atoms with Crippen LogP contribution in [0, 0.1) is 0 Å². The predicted molar refractivity (Wildman–Crippen MR) is 52.1 cm³/mol. The lowest BCUT2D eigenvalue weighted by Gasteiger charge is -1.92. The molecule has 0 aromatic carbocycles. The van der Waals surface area contributed by atoms with Crippen LogP contribution in [0.15, 0.2) is 16.2 Å². The van der Waals surface area contributed by atoms with E-state index in [2.05, 4.69) is 25.9 Å². The normalized spacial score (nSPS) is 10.5. The number of hydrogen-bond donors (Lipinski definition) is 1. The van der Waals surface area contributed by atoms with Crippen molar-refractivity contribution in [2.24, 2.45) is 0 Å². The van der Waals surface area contributed by atoms with Crippen LogP contribution in [-0.4, -0.2) is 21.0 Å². The van der Waals surface area contributed by atoms with E-state index in [4.69, 9.17) is 5.11 Å². The summed E-state index contributed by atoms with van der Waals surface area (Å²) in [4.78, 5) is 18.7. The maximum absolute atomic E-state index is 10.8. The standard InChI is InChI=1S/C7H3BrN2O2S/c8-7-10-5-4(13-7)3(6(11)12)1-2-9-5/h1-2H,(H,11,12). The summed E-state index contributed by atoms with van der Waals surface area (Å²) < 4.78 is 1.24. The maximum Gasteiger partial charge on any atom is 0.337 e. The smallest absolute Gasteiger partial charge is 0.337 e. The average molecular weight is 259 g/mol. The lowest BCUT2D eigenvalue weighted by Crippen LogP contribution is -1.96. The molecule has 0 unspecified atom stereocenters. The number of fused-ring (bicyclic) bond motifs is 1. The number of carboxylic acid groups (broad SMARTS) is 1. The van der Waals surface area contributed by atoms with E-state index in [0.717, 1.165) is 0 Å². The van der Waals surface area contributed by atoms with Gasteiger partial charge < -0.3 is 5.11 Å². The van der Waals surface area contributed by atoms with E-state index >= 15 is 0 Å². The molecule has 2 heterocycles. The summed E-state index contributed by atoms with van der Waals surface area (Å²) in [6.07, 6.45) is 1.44. The molecule has 4 nitrogen and oxygen atoms in total. The molecule has 0 radical (unpaired) electrons. The van der Waals surface area contributed by atoms with E-state index in [-0.39, 0.29) is 5.56 Å². The fourth-order valence-corrected chi connectivity index (χ4v) is 2.39. The van der Waals surface area contributed by atoms with Crippen molar-refractivity contribution in [3.8, 4) is 0 Å². The van der Waals surface area contributed by atoms with Crippen molar-refractivity contribution in [1.82, 2.24) is 9.97 Å². The third-order valence-corrected chi connectivity index (χ3v) is 3.03. The summed E-state index contributed by atoms with van der Waals surface area (Å²) in [6.45, 7) is 0. The molecule has 0 atom stereocenters. The van der Waals surface area contributed by atoms with Crippen LogP contribution < -0.4 is 0 Å². The van der Waals surface area contributed by atoms with Gasteiger partial charge in [-0.05, 0) is 22.0 Å². The Balaban J connectivity index is 2.82. The highest BCUT2D eigenvalue weighted by molar-refractivity contribution is 9.11. The second-order valence-corrected chi connectivity index (χ2v) is 4.56. The molecule has 2 aromatic rings. The summed E-state index contributed by atoms with van der Waals surface area (Å²) >= 11 is 4.45. The fourth-order valence-electron chi connectivity index (χ4n) is 0.976. The zero-order chi connectivity index (χ0) is 9.42. The van der Waals surface area contributed by atoms with Gasteiger partial charge in [-0.1, -0.05) is 0 Å². The van der Waals surface area contributed by atoms with Crippen LogP contribution in [0.2, 0.25) is 0 Å². The Kier molecular flexibility index (Phi) is 2.01. The topological polar surface area (TPSA) is 63.1 Å². The summed E-state index contributed by atoms with van der Waals surface area (Å²) in [7, 11) is 0. The molecule has 2 rings (SSSR count). The molecule has 66 valence electrons. The number of rotatable bonds is 1. The molecule has 13 heavy (non-hydrogen) atoms. The van der Waals surface area contributed by atoms with E-state index in [0.29, 0.717) is 14.3 Å². The highest BCUT2D eigenvalue weighted by Gasteiger charge is 2.12. The highest BCUT2D eigenvalue weighted by Crippen LogP contribution is 2.27. The SMILES string of the molecule is O=C(O)c1ccnc2nc(Br)sc12. The number of halogens is 1. The molecule has 0 aliphatic carbocycles. The second-order valence-electron chi connectivity index (χ2n) is 2.28. The maximum atomic E-state index is 10.8. The van der Waals surface area contributed by atoms with Crippen LogP contribution in [0.3, 0.4) is 0 Å². The fraction of sp³-hybridized carbons (Fsp3) is 0. The summed E-state index contributed by atoms with van der Waals surface area (Å²) in [5.74, 6) is -0.955. The molecule has 0 fully saturated rings. The van der Waals surface area contributed by atoms with Gasteiger partial charge in [0, 0.05) is 6.20 Å². The summed E-state index contributed by atoms with van der Waals surface area (Å²) in [5, 5.41) is 8.83. The van der Waals surface area contributed by atoms with E-state index in [9.17, 15) is 4.79 Å². The van der Waals surface area contributed by atoms with Crippen molar-refractivity contribution < 1.29 is 9.90 Å². The van der Waals surface area contributed by atoms with Crippen molar-refractivity contribution in [2.45, 2.75) is 0 Å². The Morgan fingerprint density at radius 2 is 2.38 bits per heavy atom. The van der Waals surface area contributed by atoms with Gasteiger partial charge in [0.05, 0.1) is 10.3 Å². The molecule has 1 N–H and O–H groups in total. The predicted octanol–water partition coefficient (Wildman–Crippen LogP) is 2.15. The zero-order valence-corrected chi connectivity index (χ0v) is 8.59. The number of carbonyl (C=O) groups is 1. The molecule has 0 spiro atoms. The summed E-state index contributed by atoms with van der Waals surface area (Å²) in [5.41, 5.74) is 0.713. The first-order valence-corrected chi connectivity index (χ1v) is 4.94. The van der Waals surface area contributed by atoms with E-state index < -0.39 is 5.97 Å². The minimum atomic E-state index is -0.955. The van der Waals surface area contributed by atoms with Crippen molar-refractivity contribution >= 4 is 43.6 Å². The highest BCUT2D eigenvalue weighted by atomic mass is 79.9. The van der Waals surface area contributed by atoms with Crippen molar-refractivity contribution in [3.63, 3.8) is 0 Å². The molecule has 0 amide bonds. The first-order chi connectivity index (χ1) is 6.18. The molecular formula is C7H3BrN2O2S. The van der Waals surface area contributed by atoms with Gasteiger partial charge in [-0.25, -0.2) is 14.8 Å². The number of nitrogens with zero attached hydrogens (tertiary/aromatic N) is 2. The Bertz CT molecular complexity index is 482. The van der Waals surface area contributed by atoms with Gasteiger partial charge in [0.2, 0.25) is 0 Å². The van der Waals surface area contributed by atoms with Crippen molar-refractivity contribution in [1.29, 1.82) is 0 Å². The number of thiazole rings is 1. The van der Waals surface area contributed by atoms with Gasteiger partial charge in [0.1, 0.15) is 0 Å². The van der Waals surface area contributed by atoms with Gasteiger partial charge >= 0.3 is 5.97 Å². The lowest BCUT2D eigenvalue weighted by atomic mass is 10.3. The van der Waals surface area contributed by atoms with Crippen LogP contribution in [0.4, 0.5) is 0 Å². The number of aromatic carboxylic acids is 1. The number of carboxylic acids is 1. The molecule has 0 saturated heterocycles. The van der Waals surface area contributed by atoms with Gasteiger partial charge in [0.15, 0.2) is 9.56 Å². The molecule has 2 aromatic heterocycles. The Hall–Kier alpha value is -1.01. The molecule has 0 bridgehead atoms. The first kappa shape index (κ1) is 8.58. The molecular weight excluding hydrogens is 256 g/mol.